The zero-order valence-corrected chi connectivity index (χ0v) is 14.0. The first-order valence-electron chi connectivity index (χ1n) is 7.40. The molecule has 23 heavy (non-hydrogen) atoms. The molecule has 0 spiro atoms. The number of rotatable bonds is 6. The van der Waals surface area contributed by atoms with Gasteiger partial charge in [-0.3, -0.25) is 9.59 Å². The summed E-state index contributed by atoms with van der Waals surface area (Å²) >= 11 is 1.33. The van der Waals surface area contributed by atoms with Gasteiger partial charge >= 0.3 is 0 Å². The lowest BCUT2D eigenvalue weighted by Gasteiger charge is -2.21. The van der Waals surface area contributed by atoms with E-state index in [1.54, 1.807) is 19.2 Å². The molecule has 0 unspecified atom stereocenters. The summed E-state index contributed by atoms with van der Waals surface area (Å²) < 4.78 is 13.1. The lowest BCUT2D eigenvalue weighted by Crippen LogP contribution is -2.39. The summed E-state index contributed by atoms with van der Waals surface area (Å²) in [6, 6.07) is 7.88. The van der Waals surface area contributed by atoms with Crippen LogP contribution in [0.2, 0.25) is 0 Å². The van der Waals surface area contributed by atoms with Gasteiger partial charge in [-0.2, -0.15) is 0 Å². The summed E-state index contributed by atoms with van der Waals surface area (Å²) in [5, 5.41) is 4.36. The van der Waals surface area contributed by atoms with Crippen LogP contribution in [0.4, 0.5) is 4.39 Å². The first kappa shape index (κ1) is 17.1. The largest absolute Gasteiger partial charge is 0.358 e. The van der Waals surface area contributed by atoms with Crippen molar-refractivity contribution in [1.82, 2.24) is 10.2 Å². The SMILES string of the molecule is CCCN(CC(=O)NC)C(=O)c1sccc1-c1ccc(F)cc1. The fraction of sp³-hybridized carbons (Fsp3) is 0.294. The number of halogens is 1. The molecule has 1 N–H and O–H groups in total. The molecular formula is C17H19FN2O2S. The fourth-order valence-electron chi connectivity index (χ4n) is 2.25. The highest BCUT2D eigenvalue weighted by molar-refractivity contribution is 7.12. The molecule has 0 aliphatic heterocycles. The van der Waals surface area contributed by atoms with Gasteiger partial charge in [0.2, 0.25) is 5.91 Å². The van der Waals surface area contributed by atoms with Crippen LogP contribution in [0.5, 0.6) is 0 Å². The van der Waals surface area contributed by atoms with Crippen LogP contribution in [0.3, 0.4) is 0 Å². The molecule has 2 rings (SSSR count). The van der Waals surface area contributed by atoms with Crippen molar-refractivity contribution in [3.8, 4) is 11.1 Å². The average Bonchev–Trinajstić information content (AvgIpc) is 3.03. The van der Waals surface area contributed by atoms with E-state index in [1.807, 2.05) is 18.4 Å². The number of thiophene rings is 1. The molecule has 6 heteroatoms. The third kappa shape index (κ3) is 4.16. The van der Waals surface area contributed by atoms with Gasteiger partial charge in [-0.05, 0) is 35.6 Å². The lowest BCUT2D eigenvalue weighted by molar-refractivity contribution is -0.121. The van der Waals surface area contributed by atoms with Crippen molar-refractivity contribution in [2.24, 2.45) is 0 Å². The van der Waals surface area contributed by atoms with Gasteiger partial charge in [0.15, 0.2) is 0 Å². The van der Waals surface area contributed by atoms with Gasteiger partial charge in [0.05, 0.1) is 11.4 Å². The predicted molar refractivity (Wildman–Crippen MR) is 90.0 cm³/mol. The zero-order chi connectivity index (χ0) is 16.8. The number of hydrogen-bond donors (Lipinski definition) is 1. The Balaban J connectivity index is 2.29. The molecule has 0 radical (unpaired) electrons. The molecule has 4 nitrogen and oxygen atoms in total. The van der Waals surface area contributed by atoms with E-state index in [1.165, 1.54) is 28.4 Å². The van der Waals surface area contributed by atoms with E-state index in [-0.39, 0.29) is 24.2 Å². The van der Waals surface area contributed by atoms with E-state index in [4.69, 9.17) is 0 Å². The van der Waals surface area contributed by atoms with Gasteiger partial charge in [-0.25, -0.2) is 4.39 Å². The Bertz CT molecular complexity index is 682. The molecule has 1 heterocycles. The molecule has 0 saturated heterocycles. The second-order valence-corrected chi connectivity index (χ2v) is 5.99. The summed E-state index contributed by atoms with van der Waals surface area (Å²) in [5.41, 5.74) is 1.55. The quantitative estimate of drug-likeness (QED) is 0.882. The van der Waals surface area contributed by atoms with Gasteiger partial charge in [0, 0.05) is 19.2 Å². The number of hydrogen-bond acceptors (Lipinski definition) is 3. The van der Waals surface area contributed by atoms with Crippen molar-refractivity contribution in [3.05, 3.63) is 46.4 Å². The summed E-state index contributed by atoms with van der Waals surface area (Å²) in [7, 11) is 1.55. The Morgan fingerprint density at radius 1 is 1.22 bits per heavy atom. The maximum atomic E-state index is 13.1. The van der Waals surface area contributed by atoms with Crippen LogP contribution in [0.1, 0.15) is 23.0 Å². The number of nitrogens with one attached hydrogen (secondary N) is 1. The minimum atomic E-state index is -0.316. The van der Waals surface area contributed by atoms with Crippen LogP contribution >= 0.6 is 11.3 Å². The van der Waals surface area contributed by atoms with Crippen molar-refractivity contribution < 1.29 is 14.0 Å². The second kappa shape index (κ2) is 7.87. The van der Waals surface area contributed by atoms with E-state index in [9.17, 15) is 14.0 Å². The molecule has 2 aromatic rings. The minimum absolute atomic E-state index is 0.0317. The highest BCUT2D eigenvalue weighted by Crippen LogP contribution is 2.29. The number of amides is 2. The monoisotopic (exact) mass is 334 g/mol. The summed E-state index contributed by atoms with van der Waals surface area (Å²) in [5.74, 6) is -0.694. The smallest absolute Gasteiger partial charge is 0.265 e. The fourth-order valence-corrected chi connectivity index (χ4v) is 3.13. The van der Waals surface area contributed by atoms with Crippen molar-refractivity contribution >= 4 is 23.2 Å². The van der Waals surface area contributed by atoms with Gasteiger partial charge < -0.3 is 10.2 Å². The first-order chi connectivity index (χ1) is 11.1. The van der Waals surface area contributed by atoms with Crippen LogP contribution in [0.15, 0.2) is 35.7 Å². The van der Waals surface area contributed by atoms with Crippen molar-refractivity contribution in [2.75, 3.05) is 20.1 Å². The number of carbonyl (C=O) groups is 2. The summed E-state index contributed by atoms with van der Waals surface area (Å²) in [6.45, 7) is 2.50. The molecule has 0 fully saturated rings. The molecule has 1 aromatic heterocycles. The van der Waals surface area contributed by atoms with E-state index in [0.29, 0.717) is 11.4 Å². The molecule has 0 bridgehead atoms. The van der Waals surface area contributed by atoms with Crippen molar-refractivity contribution in [2.45, 2.75) is 13.3 Å². The van der Waals surface area contributed by atoms with E-state index >= 15 is 0 Å². The van der Waals surface area contributed by atoms with Gasteiger partial charge in [-0.1, -0.05) is 19.1 Å². The lowest BCUT2D eigenvalue weighted by atomic mass is 10.1. The molecule has 0 aliphatic carbocycles. The maximum Gasteiger partial charge on any atom is 0.265 e. The number of carbonyl (C=O) groups excluding carboxylic acids is 2. The van der Waals surface area contributed by atoms with Gasteiger partial charge in [0.25, 0.3) is 5.91 Å². The molecule has 2 amide bonds. The molecule has 0 atom stereocenters. The Kier molecular flexibility index (Phi) is 5.87. The predicted octanol–water partition coefficient (Wildman–Crippen LogP) is 3.15. The molecule has 0 aliphatic rings. The van der Waals surface area contributed by atoms with Crippen LogP contribution in [0.25, 0.3) is 11.1 Å². The Morgan fingerprint density at radius 2 is 1.91 bits per heavy atom. The second-order valence-electron chi connectivity index (χ2n) is 5.07. The third-order valence-electron chi connectivity index (χ3n) is 3.41. The molecule has 0 saturated carbocycles. The Hall–Kier alpha value is -2.21. The standard InChI is InChI=1S/C17H19FN2O2S/c1-3-9-20(11-15(21)19-2)17(22)16-14(8-10-23-16)12-4-6-13(18)7-5-12/h4-8,10H,3,9,11H2,1-2H3,(H,19,21). The van der Waals surface area contributed by atoms with Crippen LogP contribution in [-0.4, -0.2) is 36.9 Å². The maximum absolute atomic E-state index is 13.1. The number of likely N-dealkylation sites (N-methyl/N-ethyl adjacent to an activating group) is 1. The van der Waals surface area contributed by atoms with Crippen LogP contribution in [0, 0.1) is 5.82 Å². The Labute approximate surface area is 138 Å². The summed E-state index contributed by atoms with van der Waals surface area (Å²) in [4.78, 5) is 26.5. The van der Waals surface area contributed by atoms with Gasteiger partial charge in [-0.15, -0.1) is 11.3 Å². The van der Waals surface area contributed by atoms with E-state index in [0.717, 1.165) is 17.5 Å². The number of benzene rings is 1. The summed E-state index contributed by atoms with van der Waals surface area (Å²) in [6.07, 6.45) is 0.764. The molecular weight excluding hydrogens is 315 g/mol. The average molecular weight is 334 g/mol. The number of nitrogens with zero attached hydrogens (tertiary/aromatic N) is 1. The Morgan fingerprint density at radius 3 is 2.52 bits per heavy atom. The van der Waals surface area contributed by atoms with Gasteiger partial charge in [0.1, 0.15) is 5.82 Å². The topological polar surface area (TPSA) is 49.4 Å². The van der Waals surface area contributed by atoms with Crippen LogP contribution < -0.4 is 5.32 Å². The van der Waals surface area contributed by atoms with Crippen LogP contribution in [-0.2, 0) is 4.79 Å². The molecule has 1 aromatic carbocycles. The first-order valence-corrected chi connectivity index (χ1v) is 8.28. The highest BCUT2D eigenvalue weighted by Gasteiger charge is 2.22. The highest BCUT2D eigenvalue weighted by atomic mass is 32.1. The minimum Gasteiger partial charge on any atom is -0.358 e. The van der Waals surface area contributed by atoms with E-state index < -0.39 is 0 Å². The zero-order valence-electron chi connectivity index (χ0n) is 13.1. The van der Waals surface area contributed by atoms with E-state index in [2.05, 4.69) is 5.32 Å². The molecule has 122 valence electrons. The van der Waals surface area contributed by atoms with Crippen molar-refractivity contribution in [3.63, 3.8) is 0 Å². The third-order valence-corrected chi connectivity index (χ3v) is 4.31. The normalized spacial score (nSPS) is 10.4. The van der Waals surface area contributed by atoms with Crippen molar-refractivity contribution in [1.29, 1.82) is 0 Å².